The van der Waals surface area contributed by atoms with Crippen molar-refractivity contribution in [3.05, 3.63) is 59.4 Å². The molecule has 1 aromatic carbocycles. The van der Waals surface area contributed by atoms with Crippen molar-refractivity contribution in [2.45, 2.75) is 0 Å². The Balaban J connectivity index is 2.19. The highest BCUT2D eigenvalue weighted by Crippen LogP contribution is 2.28. The lowest BCUT2D eigenvalue weighted by Gasteiger charge is -2.07. The van der Waals surface area contributed by atoms with Crippen LogP contribution < -0.4 is 0 Å². The average Bonchev–Trinajstić information content (AvgIpc) is 2.54. The lowest BCUT2D eigenvalue weighted by Crippen LogP contribution is -2.01. The van der Waals surface area contributed by atoms with E-state index >= 15 is 0 Å². The van der Waals surface area contributed by atoms with Gasteiger partial charge in [-0.05, 0) is 30.3 Å². The number of rotatable bonds is 2. The Labute approximate surface area is 126 Å². The molecule has 21 heavy (non-hydrogen) atoms. The molecular formula is C16H11ClN2O2. The molecular weight excluding hydrogens is 288 g/mol. The Morgan fingerprint density at radius 3 is 2.81 bits per heavy atom. The van der Waals surface area contributed by atoms with Crippen LogP contribution in [0.15, 0.2) is 48.8 Å². The zero-order valence-electron chi connectivity index (χ0n) is 11.2. The number of nitrogens with zero attached hydrogens (tertiary/aromatic N) is 2. The van der Waals surface area contributed by atoms with Gasteiger partial charge in [0.1, 0.15) is 0 Å². The van der Waals surface area contributed by atoms with Crippen LogP contribution >= 0.6 is 11.6 Å². The molecule has 0 bridgehead atoms. The molecule has 0 amide bonds. The summed E-state index contributed by atoms with van der Waals surface area (Å²) in [4.78, 5) is 20.2. The maximum atomic E-state index is 11.6. The lowest BCUT2D eigenvalue weighted by molar-refractivity contribution is 0.0601. The summed E-state index contributed by atoms with van der Waals surface area (Å²) < 4.78 is 4.72. The van der Waals surface area contributed by atoms with Crippen molar-refractivity contribution in [2.75, 3.05) is 7.11 Å². The Bertz CT molecular complexity index is 819. The predicted molar refractivity (Wildman–Crippen MR) is 81.3 cm³/mol. The molecule has 0 saturated carbocycles. The van der Waals surface area contributed by atoms with Crippen molar-refractivity contribution < 1.29 is 9.53 Å². The number of carbonyl (C=O) groups excluding carboxylic acids is 1. The highest BCUT2D eigenvalue weighted by molar-refractivity contribution is 6.35. The normalized spacial score (nSPS) is 10.6. The second kappa shape index (κ2) is 5.50. The van der Waals surface area contributed by atoms with E-state index in [1.807, 2.05) is 12.1 Å². The van der Waals surface area contributed by atoms with Crippen LogP contribution in [-0.4, -0.2) is 23.0 Å². The molecule has 2 heterocycles. The fourth-order valence-corrected chi connectivity index (χ4v) is 2.36. The molecule has 0 saturated heterocycles. The van der Waals surface area contributed by atoms with Crippen molar-refractivity contribution in [1.29, 1.82) is 0 Å². The highest BCUT2D eigenvalue weighted by Gasteiger charge is 2.10. The van der Waals surface area contributed by atoms with Gasteiger partial charge in [0.2, 0.25) is 0 Å². The van der Waals surface area contributed by atoms with Crippen LogP contribution in [-0.2, 0) is 4.74 Å². The van der Waals surface area contributed by atoms with E-state index in [0.717, 1.165) is 10.9 Å². The Morgan fingerprint density at radius 2 is 2.10 bits per heavy atom. The second-order valence-electron chi connectivity index (χ2n) is 4.45. The summed E-state index contributed by atoms with van der Waals surface area (Å²) in [6.45, 7) is 0. The van der Waals surface area contributed by atoms with Gasteiger partial charge in [0.15, 0.2) is 0 Å². The Kier molecular flexibility index (Phi) is 3.54. The molecule has 0 atom stereocenters. The van der Waals surface area contributed by atoms with Gasteiger partial charge in [-0.25, -0.2) is 9.78 Å². The molecule has 2 aromatic heterocycles. The first-order valence-electron chi connectivity index (χ1n) is 6.28. The third-order valence-corrected chi connectivity index (χ3v) is 3.45. The van der Waals surface area contributed by atoms with Crippen molar-refractivity contribution in [2.24, 2.45) is 0 Å². The van der Waals surface area contributed by atoms with E-state index in [0.29, 0.717) is 21.8 Å². The molecule has 0 N–H and O–H groups in total. The van der Waals surface area contributed by atoms with Gasteiger partial charge in [0, 0.05) is 23.3 Å². The minimum absolute atomic E-state index is 0.401. The lowest BCUT2D eigenvalue weighted by atomic mass is 10.1. The molecule has 0 radical (unpaired) electrons. The predicted octanol–water partition coefficient (Wildman–Crippen LogP) is 3.74. The quantitative estimate of drug-likeness (QED) is 0.676. The van der Waals surface area contributed by atoms with Crippen molar-refractivity contribution in [3.8, 4) is 11.3 Å². The summed E-state index contributed by atoms with van der Waals surface area (Å²) in [5.41, 5.74) is 2.66. The van der Waals surface area contributed by atoms with Crippen LogP contribution in [0.25, 0.3) is 22.2 Å². The van der Waals surface area contributed by atoms with Gasteiger partial charge in [-0.2, -0.15) is 0 Å². The number of hydrogen-bond donors (Lipinski definition) is 0. The van der Waals surface area contributed by atoms with Gasteiger partial charge in [0.05, 0.1) is 28.9 Å². The smallest absolute Gasteiger partial charge is 0.337 e. The first-order chi connectivity index (χ1) is 10.2. The fourth-order valence-electron chi connectivity index (χ4n) is 2.09. The van der Waals surface area contributed by atoms with E-state index in [2.05, 4.69) is 9.97 Å². The number of ether oxygens (including phenoxy) is 1. The number of methoxy groups -OCH3 is 1. The molecule has 0 aliphatic rings. The van der Waals surface area contributed by atoms with Crippen LogP contribution in [0.4, 0.5) is 0 Å². The molecule has 5 heteroatoms. The highest BCUT2D eigenvalue weighted by atomic mass is 35.5. The van der Waals surface area contributed by atoms with Crippen LogP contribution in [0, 0.1) is 0 Å². The number of aromatic nitrogens is 2. The second-order valence-corrected chi connectivity index (χ2v) is 4.86. The van der Waals surface area contributed by atoms with Crippen molar-refractivity contribution in [3.63, 3.8) is 0 Å². The molecule has 3 aromatic rings. The van der Waals surface area contributed by atoms with E-state index in [1.165, 1.54) is 7.11 Å². The summed E-state index contributed by atoms with van der Waals surface area (Å²) in [5.74, 6) is -0.401. The van der Waals surface area contributed by atoms with Crippen LogP contribution in [0.5, 0.6) is 0 Å². The summed E-state index contributed by atoms with van der Waals surface area (Å²) in [6, 6.07) is 10.6. The number of carbonyl (C=O) groups is 1. The molecule has 0 spiro atoms. The van der Waals surface area contributed by atoms with E-state index in [-0.39, 0.29) is 0 Å². The molecule has 3 rings (SSSR count). The van der Waals surface area contributed by atoms with Crippen molar-refractivity contribution in [1.82, 2.24) is 9.97 Å². The molecule has 0 fully saturated rings. The first-order valence-corrected chi connectivity index (χ1v) is 6.66. The number of pyridine rings is 2. The zero-order chi connectivity index (χ0) is 14.8. The summed E-state index contributed by atoms with van der Waals surface area (Å²) >= 11 is 6.30. The average molecular weight is 299 g/mol. The molecule has 4 nitrogen and oxygen atoms in total. The minimum Gasteiger partial charge on any atom is -0.465 e. The third kappa shape index (κ3) is 2.58. The Hall–Kier alpha value is -2.46. The van der Waals surface area contributed by atoms with E-state index in [4.69, 9.17) is 16.3 Å². The molecule has 0 aliphatic heterocycles. The van der Waals surface area contributed by atoms with Gasteiger partial charge >= 0.3 is 5.97 Å². The van der Waals surface area contributed by atoms with Crippen LogP contribution in [0.2, 0.25) is 5.02 Å². The van der Waals surface area contributed by atoms with Crippen LogP contribution in [0.1, 0.15) is 10.4 Å². The van der Waals surface area contributed by atoms with Crippen molar-refractivity contribution >= 4 is 28.5 Å². The van der Waals surface area contributed by atoms with E-state index in [1.54, 1.807) is 36.7 Å². The largest absolute Gasteiger partial charge is 0.465 e. The SMILES string of the molecule is COC(=O)c1ccc2c(Cl)cc(-c3cccnc3)nc2c1. The number of halogens is 1. The summed E-state index contributed by atoms with van der Waals surface area (Å²) in [7, 11) is 1.35. The van der Waals surface area contributed by atoms with Gasteiger partial charge < -0.3 is 4.74 Å². The summed E-state index contributed by atoms with van der Waals surface area (Å²) in [6.07, 6.45) is 3.41. The van der Waals surface area contributed by atoms with E-state index in [9.17, 15) is 4.79 Å². The molecule has 104 valence electrons. The number of benzene rings is 1. The maximum absolute atomic E-state index is 11.6. The number of hydrogen-bond acceptors (Lipinski definition) is 4. The maximum Gasteiger partial charge on any atom is 0.337 e. The standard InChI is InChI=1S/C16H11ClN2O2/c1-21-16(20)10-4-5-12-13(17)8-14(19-15(12)7-10)11-3-2-6-18-9-11/h2-9H,1H3. The van der Waals surface area contributed by atoms with E-state index < -0.39 is 5.97 Å². The minimum atomic E-state index is -0.401. The van der Waals surface area contributed by atoms with Gasteiger partial charge in [-0.3, -0.25) is 4.98 Å². The van der Waals surface area contributed by atoms with Gasteiger partial charge in [-0.1, -0.05) is 17.7 Å². The number of esters is 1. The first kappa shape index (κ1) is 13.5. The van der Waals surface area contributed by atoms with Gasteiger partial charge in [-0.15, -0.1) is 0 Å². The van der Waals surface area contributed by atoms with Gasteiger partial charge in [0.25, 0.3) is 0 Å². The topological polar surface area (TPSA) is 52.1 Å². The monoisotopic (exact) mass is 298 g/mol. The molecule has 0 unspecified atom stereocenters. The zero-order valence-corrected chi connectivity index (χ0v) is 12.0. The third-order valence-electron chi connectivity index (χ3n) is 3.14. The number of fused-ring (bicyclic) bond motifs is 1. The summed E-state index contributed by atoms with van der Waals surface area (Å²) in [5, 5.41) is 1.37. The Morgan fingerprint density at radius 1 is 1.24 bits per heavy atom. The van der Waals surface area contributed by atoms with Crippen LogP contribution in [0.3, 0.4) is 0 Å². The molecule has 0 aliphatic carbocycles. The fraction of sp³-hybridized carbons (Fsp3) is 0.0625.